The fourth-order valence-electron chi connectivity index (χ4n) is 1.54. The quantitative estimate of drug-likeness (QED) is 0.638. The molecule has 0 rings (SSSR count). The highest BCUT2D eigenvalue weighted by atomic mass is 16.5. The van der Waals surface area contributed by atoms with Crippen molar-refractivity contribution in [3.8, 4) is 0 Å². The number of hydrogen-bond acceptors (Lipinski definition) is 2. The summed E-state index contributed by atoms with van der Waals surface area (Å²) in [6.45, 7) is 13.9. The molecule has 0 bridgehead atoms. The maximum Gasteiger partial charge on any atom is 0.0503 e. The predicted octanol–water partition coefficient (Wildman–Crippen LogP) is 3.07. The van der Waals surface area contributed by atoms with Crippen molar-refractivity contribution in [3.05, 3.63) is 0 Å². The van der Waals surface area contributed by atoms with Gasteiger partial charge in [-0.1, -0.05) is 41.0 Å². The topological polar surface area (TPSA) is 21.3 Å². The van der Waals surface area contributed by atoms with E-state index in [9.17, 15) is 0 Å². The van der Waals surface area contributed by atoms with Crippen LogP contribution in [0.15, 0.2) is 0 Å². The first kappa shape index (κ1) is 14.9. The van der Waals surface area contributed by atoms with E-state index in [4.69, 9.17) is 4.74 Å². The molecular formula is C13H29NO. The standard InChI is InChI=1S/C13H29NO/c1-6-7-12(4)9-15-10-13(5)8-14-11(2)3/h11-14H,6-10H2,1-5H3. The van der Waals surface area contributed by atoms with Gasteiger partial charge in [-0.25, -0.2) is 0 Å². The minimum atomic E-state index is 0.575. The van der Waals surface area contributed by atoms with Crippen LogP contribution in [0.3, 0.4) is 0 Å². The van der Waals surface area contributed by atoms with Gasteiger partial charge in [0.1, 0.15) is 0 Å². The van der Waals surface area contributed by atoms with Crippen molar-refractivity contribution in [2.45, 2.75) is 53.5 Å². The van der Waals surface area contributed by atoms with Gasteiger partial charge in [-0.05, 0) is 18.3 Å². The Labute approximate surface area is 95.8 Å². The maximum absolute atomic E-state index is 5.70. The van der Waals surface area contributed by atoms with Crippen LogP contribution in [0.1, 0.15) is 47.5 Å². The van der Waals surface area contributed by atoms with Gasteiger partial charge in [0, 0.05) is 19.2 Å². The molecule has 0 amide bonds. The Bertz CT molecular complexity index is 136. The molecule has 0 aliphatic rings. The minimum Gasteiger partial charge on any atom is -0.381 e. The normalized spacial score (nSPS) is 15.6. The maximum atomic E-state index is 5.70. The zero-order valence-electron chi connectivity index (χ0n) is 11.2. The smallest absolute Gasteiger partial charge is 0.0503 e. The van der Waals surface area contributed by atoms with Crippen molar-refractivity contribution in [2.24, 2.45) is 11.8 Å². The third kappa shape index (κ3) is 10.2. The third-order valence-electron chi connectivity index (χ3n) is 2.46. The Morgan fingerprint density at radius 2 is 1.60 bits per heavy atom. The van der Waals surface area contributed by atoms with E-state index < -0.39 is 0 Å². The van der Waals surface area contributed by atoms with E-state index in [1.807, 2.05) is 0 Å². The average molecular weight is 215 g/mol. The van der Waals surface area contributed by atoms with Crippen LogP contribution in [-0.4, -0.2) is 25.8 Å². The van der Waals surface area contributed by atoms with Gasteiger partial charge in [-0.2, -0.15) is 0 Å². The molecule has 0 saturated carbocycles. The van der Waals surface area contributed by atoms with Crippen molar-refractivity contribution in [1.82, 2.24) is 5.32 Å². The fourth-order valence-corrected chi connectivity index (χ4v) is 1.54. The SMILES string of the molecule is CCCC(C)COCC(C)CNC(C)C. The van der Waals surface area contributed by atoms with Crippen molar-refractivity contribution >= 4 is 0 Å². The molecule has 0 spiro atoms. The van der Waals surface area contributed by atoms with Crippen LogP contribution in [0.5, 0.6) is 0 Å². The van der Waals surface area contributed by atoms with Gasteiger partial charge < -0.3 is 10.1 Å². The monoisotopic (exact) mass is 215 g/mol. The van der Waals surface area contributed by atoms with E-state index in [1.54, 1.807) is 0 Å². The molecule has 2 atom stereocenters. The molecule has 0 aromatic rings. The average Bonchev–Trinajstić information content (AvgIpc) is 2.15. The molecular weight excluding hydrogens is 186 g/mol. The van der Waals surface area contributed by atoms with Crippen LogP contribution >= 0.6 is 0 Å². The number of nitrogens with one attached hydrogen (secondary N) is 1. The summed E-state index contributed by atoms with van der Waals surface area (Å²) in [6.07, 6.45) is 2.54. The largest absolute Gasteiger partial charge is 0.381 e. The van der Waals surface area contributed by atoms with E-state index in [2.05, 4.69) is 39.9 Å². The van der Waals surface area contributed by atoms with Crippen LogP contribution in [0.25, 0.3) is 0 Å². The number of ether oxygens (including phenoxy) is 1. The van der Waals surface area contributed by atoms with Crippen molar-refractivity contribution in [3.63, 3.8) is 0 Å². The first-order chi connectivity index (χ1) is 7.06. The third-order valence-corrected chi connectivity index (χ3v) is 2.46. The lowest BCUT2D eigenvalue weighted by atomic mass is 10.1. The Balaban J connectivity index is 3.34. The Kier molecular flexibility index (Phi) is 9.12. The molecule has 1 N–H and O–H groups in total. The molecule has 0 aliphatic heterocycles. The molecule has 92 valence electrons. The lowest BCUT2D eigenvalue weighted by Gasteiger charge is -2.16. The van der Waals surface area contributed by atoms with Gasteiger partial charge in [0.15, 0.2) is 0 Å². The molecule has 0 saturated heterocycles. The lowest BCUT2D eigenvalue weighted by Crippen LogP contribution is -2.30. The summed E-state index contributed by atoms with van der Waals surface area (Å²) < 4.78 is 5.70. The molecule has 0 radical (unpaired) electrons. The van der Waals surface area contributed by atoms with Gasteiger partial charge in [-0.3, -0.25) is 0 Å². The minimum absolute atomic E-state index is 0.575. The summed E-state index contributed by atoms with van der Waals surface area (Å²) >= 11 is 0. The van der Waals surface area contributed by atoms with Crippen molar-refractivity contribution in [1.29, 1.82) is 0 Å². The van der Waals surface area contributed by atoms with Gasteiger partial charge in [0.2, 0.25) is 0 Å². The number of hydrogen-bond donors (Lipinski definition) is 1. The van der Waals surface area contributed by atoms with Gasteiger partial charge in [-0.15, -0.1) is 0 Å². The zero-order chi connectivity index (χ0) is 11.7. The van der Waals surface area contributed by atoms with Crippen LogP contribution in [0, 0.1) is 11.8 Å². The molecule has 15 heavy (non-hydrogen) atoms. The second-order valence-corrected chi connectivity index (χ2v) is 5.10. The summed E-state index contributed by atoms with van der Waals surface area (Å²) in [5.74, 6) is 1.32. The summed E-state index contributed by atoms with van der Waals surface area (Å²) in [7, 11) is 0. The van der Waals surface area contributed by atoms with Crippen LogP contribution in [-0.2, 0) is 4.74 Å². The fraction of sp³-hybridized carbons (Fsp3) is 1.00. The van der Waals surface area contributed by atoms with Crippen molar-refractivity contribution in [2.75, 3.05) is 19.8 Å². The highest BCUT2D eigenvalue weighted by Crippen LogP contribution is 2.06. The first-order valence-electron chi connectivity index (χ1n) is 6.37. The number of rotatable bonds is 9. The highest BCUT2D eigenvalue weighted by Gasteiger charge is 2.05. The van der Waals surface area contributed by atoms with Gasteiger partial charge in [0.05, 0.1) is 6.61 Å². The molecule has 2 unspecified atom stereocenters. The summed E-state index contributed by atoms with van der Waals surface area (Å²) in [4.78, 5) is 0. The molecule has 0 fully saturated rings. The van der Waals surface area contributed by atoms with E-state index in [-0.39, 0.29) is 0 Å². The highest BCUT2D eigenvalue weighted by molar-refractivity contribution is 4.59. The van der Waals surface area contributed by atoms with Gasteiger partial charge in [0.25, 0.3) is 0 Å². The summed E-state index contributed by atoms with van der Waals surface area (Å²) in [6, 6.07) is 0.575. The van der Waals surface area contributed by atoms with Crippen molar-refractivity contribution < 1.29 is 4.74 Å². The molecule has 0 aromatic carbocycles. The predicted molar refractivity (Wildman–Crippen MR) is 67.2 cm³/mol. The molecule has 0 heterocycles. The van der Waals surface area contributed by atoms with Crippen LogP contribution < -0.4 is 5.32 Å². The van der Waals surface area contributed by atoms with E-state index >= 15 is 0 Å². The lowest BCUT2D eigenvalue weighted by molar-refractivity contribution is 0.0768. The second-order valence-electron chi connectivity index (χ2n) is 5.10. The van der Waals surface area contributed by atoms with Crippen LogP contribution in [0.4, 0.5) is 0 Å². The van der Waals surface area contributed by atoms with Crippen LogP contribution in [0.2, 0.25) is 0 Å². The second kappa shape index (κ2) is 9.17. The zero-order valence-corrected chi connectivity index (χ0v) is 11.2. The van der Waals surface area contributed by atoms with E-state index in [1.165, 1.54) is 12.8 Å². The first-order valence-corrected chi connectivity index (χ1v) is 6.37. The molecule has 2 nitrogen and oxygen atoms in total. The molecule has 0 aromatic heterocycles. The Hall–Kier alpha value is -0.0800. The summed E-state index contributed by atoms with van der Waals surface area (Å²) in [5.41, 5.74) is 0. The molecule has 0 aliphatic carbocycles. The Morgan fingerprint density at radius 1 is 1.00 bits per heavy atom. The van der Waals surface area contributed by atoms with Gasteiger partial charge >= 0.3 is 0 Å². The summed E-state index contributed by atoms with van der Waals surface area (Å²) in [5, 5.41) is 3.43. The Morgan fingerprint density at radius 3 is 2.13 bits per heavy atom. The molecule has 2 heteroatoms. The van der Waals surface area contributed by atoms with E-state index in [0.717, 1.165) is 19.8 Å². The van der Waals surface area contributed by atoms with E-state index in [0.29, 0.717) is 17.9 Å².